The molecule has 4 heteroatoms. The Hall–Kier alpha value is -2.62. The lowest BCUT2D eigenvalue weighted by Crippen LogP contribution is -1.99. The maximum absolute atomic E-state index is 11.2. The minimum atomic E-state index is -1.02. The summed E-state index contributed by atoms with van der Waals surface area (Å²) in [6.07, 6.45) is 4.75. The third kappa shape index (κ3) is 2.74. The second-order valence-electron chi connectivity index (χ2n) is 3.70. The minimum Gasteiger partial charge on any atom is -0.508 e. The molecule has 0 fully saturated rings. The van der Waals surface area contributed by atoms with E-state index in [2.05, 4.69) is 4.98 Å². The van der Waals surface area contributed by atoms with E-state index in [0.717, 1.165) is 0 Å². The van der Waals surface area contributed by atoms with Crippen molar-refractivity contribution in [1.82, 2.24) is 4.98 Å². The number of hydrogen-bond donors (Lipinski definition) is 2. The summed E-state index contributed by atoms with van der Waals surface area (Å²) in [5, 5.41) is 18.4. The number of phenols is 1. The predicted molar refractivity (Wildman–Crippen MR) is 67.9 cm³/mol. The molecule has 90 valence electrons. The molecule has 18 heavy (non-hydrogen) atoms. The van der Waals surface area contributed by atoms with Crippen LogP contribution in [-0.4, -0.2) is 21.2 Å². The zero-order valence-electron chi connectivity index (χ0n) is 9.45. The first-order valence-corrected chi connectivity index (χ1v) is 5.31. The number of hydrogen-bond acceptors (Lipinski definition) is 3. The molecule has 0 amide bonds. The molecule has 2 N–H and O–H groups in total. The number of aromatic hydroxyl groups is 1. The minimum absolute atomic E-state index is 0.102. The van der Waals surface area contributed by atoms with Crippen molar-refractivity contribution in [3.8, 4) is 5.75 Å². The normalized spacial score (nSPS) is 11.2. The van der Waals surface area contributed by atoms with E-state index in [9.17, 15) is 15.0 Å². The highest BCUT2D eigenvalue weighted by Crippen LogP contribution is 2.20. The number of pyridine rings is 1. The number of carbonyl (C=O) groups is 1. The molecular formula is C14H11NO3. The van der Waals surface area contributed by atoms with Crippen LogP contribution in [-0.2, 0) is 4.79 Å². The highest BCUT2D eigenvalue weighted by molar-refractivity contribution is 6.20. The van der Waals surface area contributed by atoms with E-state index in [4.69, 9.17) is 0 Å². The number of aromatic nitrogens is 1. The van der Waals surface area contributed by atoms with E-state index in [0.29, 0.717) is 11.1 Å². The van der Waals surface area contributed by atoms with E-state index < -0.39 is 5.97 Å². The fourth-order valence-corrected chi connectivity index (χ4v) is 1.54. The third-order valence-electron chi connectivity index (χ3n) is 2.40. The third-order valence-corrected chi connectivity index (χ3v) is 2.40. The van der Waals surface area contributed by atoms with E-state index in [-0.39, 0.29) is 11.3 Å². The van der Waals surface area contributed by atoms with Gasteiger partial charge in [0.25, 0.3) is 0 Å². The molecule has 2 rings (SSSR count). The zero-order valence-corrected chi connectivity index (χ0v) is 9.45. The zero-order chi connectivity index (χ0) is 13.0. The molecule has 0 aliphatic heterocycles. The summed E-state index contributed by atoms with van der Waals surface area (Å²) in [6.45, 7) is 0. The number of benzene rings is 1. The lowest BCUT2D eigenvalue weighted by molar-refractivity contribution is -0.130. The van der Waals surface area contributed by atoms with Gasteiger partial charge in [-0.25, -0.2) is 4.79 Å². The molecule has 0 aliphatic rings. The van der Waals surface area contributed by atoms with Gasteiger partial charge < -0.3 is 10.2 Å². The smallest absolute Gasteiger partial charge is 0.336 e. The Bertz CT molecular complexity index is 574. The highest BCUT2D eigenvalue weighted by atomic mass is 16.4. The van der Waals surface area contributed by atoms with Crippen LogP contribution in [0.4, 0.5) is 0 Å². The van der Waals surface area contributed by atoms with E-state index >= 15 is 0 Å². The molecule has 0 aliphatic carbocycles. The topological polar surface area (TPSA) is 70.4 Å². The highest BCUT2D eigenvalue weighted by Gasteiger charge is 2.10. The second-order valence-corrected chi connectivity index (χ2v) is 3.70. The molecule has 4 nitrogen and oxygen atoms in total. The Morgan fingerprint density at radius 1 is 1.17 bits per heavy atom. The Morgan fingerprint density at radius 3 is 2.44 bits per heavy atom. The summed E-state index contributed by atoms with van der Waals surface area (Å²) < 4.78 is 0. The average molecular weight is 241 g/mol. The molecule has 0 spiro atoms. The van der Waals surface area contributed by atoms with Crippen LogP contribution in [0.15, 0.2) is 48.8 Å². The molecule has 1 aromatic carbocycles. The van der Waals surface area contributed by atoms with Gasteiger partial charge in [-0.2, -0.15) is 0 Å². The molecular weight excluding hydrogens is 230 g/mol. The molecule has 0 radical (unpaired) electrons. The summed E-state index contributed by atoms with van der Waals surface area (Å²) in [4.78, 5) is 15.2. The van der Waals surface area contributed by atoms with Gasteiger partial charge in [0, 0.05) is 12.4 Å². The van der Waals surface area contributed by atoms with Gasteiger partial charge in [0.15, 0.2) is 0 Å². The van der Waals surface area contributed by atoms with Crippen molar-refractivity contribution in [2.24, 2.45) is 0 Å². The van der Waals surface area contributed by atoms with Crippen molar-refractivity contribution >= 4 is 17.6 Å². The van der Waals surface area contributed by atoms with Crippen molar-refractivity contribution in [3.05, 3.63) is 59.9 Å². The van der Waals surface area contributed by atoms with Gasteiger partial charge in [-0.05, 0) is 35.4 Å². The number of phenolic OH excluding ortho intramolecular Hbond substituents is 1. The van der Waals surface area contributed by atoms with Gasteiger partial charge in [0.05, 0.1) is 5.57 Å². The Labute approximate surface area is 104 Å². The van der Waals surface area contributed by atoms with Crippen molar-refractivity contribution in [2.45, 2.75) is 0 Å². The first-order chi connectivity index (χ1) is 8.66. The summed E-state index contributed by atoms with van der Waals surface area (Å²) in [5.41, 5.74) is 1.40. The van der Waals surface area contributed by atoms with Crippen LogP contribution >= 0.6 is 0 Å². The first-order valence-electron chi connectivity index (χ1n) is 5.31. The molecule has 2 aromatic rings. The van der Waals surface area contributed by atoms with E-state index in [1.165, 1.54) is 12.1 Å². The number of carboxylic acid groups (broad SMARTS) is 1. The Kier molecular flexibility index (Phi) is 3.38. The van der Waals surface area contributed by atoms with Crippen LogP contribution in [0.1, 0.15) is 11.1 Å². The number of nitrogens with zero attached hydrogens (tertiary/aromatic N) is 1. The van der Waals surface area contributed by atoms with Gasteiger partial charge in [-0.1, -0.05) is 18.2 Å². The van der Waals surface area contributed by atoms with Crippen LogP contribution in [0.2, 0.25) is 0 Å². The predicted octanol–water partition coefficient (Wildman–Crippen LogP) is 2.41. The number of rotatable bonds is 3. The molecule has 0 atom stereocenters. The van der Waals surface area contributed by atoms with Crippen LogP contribution in [0, 0.1) is 0 Å². The Morgan fingerprint density at radius 2 is 1.89 bits per heavy atom. The number of aliphatic carboxylic acids is 1. The van der Waals surface area contributed by atoms with Crippen molar-refractivity contribution in [1.29, 1.82) is 0 Å². The van der Waals surface area contributed by atoms with Crippen molar-refractivity contribution in [3.63, 3.8) is 0 Å². The molecule has 0 bridgehead atoms. The lowest BCUT2D eigenvalue weighted by atomic mass is 10.0. The summed E-state index contributed by atoms with van der Waals surface area (Å²) in [5.74, 6) is -0.922. The maximum atomic E-state index is 11.2. The Balaban J connectivity index is 2.44. The van der Waals surface area contributed by atoms with Crippen LogP contribution in [0.3, 0.4) is 0 Å². The van der Waals surface area contributed by atoms with Gasteiger partial charge in [-0.3, -0.25) is 4.98 Å². The van der Waals surface area contributed by atoms with Gasteiger partial charge in [0.1, 0.15) is 5.75 Å². The molecule has 0 saturated heterocycles. The molecule has 1 aromatic heterocycles. The van der Waals surface area contributed by atoms with Gasteiger partial charge in [0.2, 0.25) is 0 Å². The largest absolute Gasteiger partial charge is 0.508 e. The van der Waals surface area contributed by atoms with Crippen molar-refractivity contribution in [2.75, 3.05) is 0 Å². The number of carboxylic acids is 1. The summed E-state index contributed by atoms with van der Waals surface area (Å²) in [6, 6.07) is 9.54. The monoisotopic (exact) mass is 241 g/mol. The van der Waals surface area contributed by atoms with E-state index in [1.807, 2.05) is 0 Å². The van der Waals surface area contributed by atoms with Gasteiger partial charge in [-0.15, -0.1) is 0 Å². The van der Waals surface area contributed by atoms with Crippen LogP contribution < -0.4 is 0 Å². The fourth-order valence-electron chi connectivity index (χ4n) is 1.54. The maximum Gasteiger partial charge on any atom is 0.336 e. The quantitative estimate of drug-likeness (QED) is 0.809. The lowest BCUT2D eigenvalue weighted by Gasteiger charge is -2.03. The second kappa shape index (κ2) is 5.14. The first kappa shape index (κ1) is 11.9. The van der Waals surface area contributed by atoms with E-state index in [1.54, 1.807) is 42.7 Å². The molecule has 0 unspecified atom stereocenters. The SMILES string of the molecule is O=C(O)/C(=C\c1cccnc1)c1ccc(O)cc1. The van der Waals surface area contributed by atoms with Gasteiger partial charge >= 0.3 is 5.97 Å². The standard InChI is InChI=1S/C14H11NO3/c16-12-5-3-11(4-6-12)13(14(17)18)8-10-2-1-7-15-9-10/h1-9,16H,(H,17,18)/b13-8-. The molecule has 1 heterocycles. The average Bonchev–Trinajstić information content (AvgIpc) is 2.38. The molecule has 0 saturated carbocycles. The van der Waals surface area contributed by atoms with Crippen molar-refractivity contribution < 1.29 is 15.0 Å². The van der Waals surface area contributed by atoms with Crippen LogP contribution in [0.25, 0.3) is 11.6 Å². The summed E-state index contributed by atoms with van der Waals surface area (Å²) >= 11 is 0. The van der Waals surface area contributed by atoms with Crippen LogP contribution in [0.5, 0.6) is 5.75 Å². The fraction of sp³-hybridized carbons (Fsp3) is 0. The summed E-state index contributed by atoms with van der Waals surface area (Å²) in [7, 11) is 0.